The molecule has 13 heavy (non-hydrogen) atoms. The molecule has 1 unspecified atom stereocenters. The third-order valence-electron chi connectivity index (χ3n) is 1.72. The minimum atomic E-state index is -0.296. The van der Waals surface area contributed by atoms with Gasteiger partial charge in [-0.3, -0.25) is 0 Å². The van der Waals surface area contributed by atoms with E-state index < -0.39 is 0 Å². The molecule has 0 aliphatic carbocycles. The third kappa shape index (κ3) is 2.42. The van der Waals surface area contributed by atoms with Crippen molar-refractivity contribution in [3.05, 3.63) is 28.5 Å². The van der Waals surface area contributed by atoms with Crippen molar-refractivity contribution in [1.29, 1.82) is 0 Å². The van der Waals surface area contributed by atoms with Crippen molar-refractivity contribution in [3.8, 4) is 5.75 Å². The van der Waals surface area contributed by atoms with Crippen LogP contribution in [0.3, 0.4) is 0 Å². The molecule has 0 bridgehead atoms. The van der Waals surface area contributed by atoms with E-state index in [2.05, 4.69) is 15.9 Å². The van der Waals surface area contributed by atoms with Crippen LogP contribution < -0.4 is 4.74 Å². The van der Waals surface area contributed by atoms with E-state index in [9.17, 15) is 4.39 Å². The molecule has 0 aromatic heterocycles. The number of halogens is 2. The molecule has 0 radical (unpaired) electrons. The molecule has 1 aromatic rings. The molecule has 1 atom stereocenters. The van der Waals surface area contributed by atoms with Gasteiger partial charge in [0.25, 0.3) is 0 Å². The zero-order valence-corrected chi connectivity index (χ0v) is 8.38. The van der Waals surface area contributed by atoms with E-state index in [0.29, 0.717) is 12.4 Å². The van der Waals surface area contributed by atoms with Gasteiger partial charge < -0.3 is 9.47 Å². The first-order chi connectivity index (χ1) is 6.25. The largest absolute Gasteiger partial charge is 0.489 e. The Labute approximate surface area is 83.8 Å². The summed E-state index contributed by atoms with van der Waals surface area (Å²) in [4.78, 5) is 0. The second kappa shape index (κ2) is 3.64. The molecule has 1 fully saturated rings. The van der Waals surface area contributed by atoms with E-state index in [1.54, 1.807) is 6.07 Å². The van der Waals surface area contributed by atoms with Gasteiger partial charge in [0.2, 0.25) is 0 Å². The maximum Gasteiger partial charge on any atom is 0.136 e. The Bertz CT molecular complexity index is 312. The molecule has 0 saturated carbocycles. The summed E-state index contributed by atoms with van der Waals surface area (Å²) in [6, 6.07) is 4.36. The average molecular weight is 247 g/mol. The van der Waals surface area contributed by atoms with Gasteiger partial charge in [-0.15, -0.1) is 0 Å². The standard InChI is InChI=1S/C9H8BrFO2/c10-8-2-1-6(11)3-9(8)13-5-7-4-12-7/h1-3,7H,4-5H2. The lowest BCUT2D eigenvalue weighted by Gasteiger charge is -2.05. The number of ether oxygens (including phenoxy) is 2. The fourth-order valence-electron chi connectivity index (χ4n) is 0.935. The maximum absolute atomic E-state index is 12.8. The summed E-state index contributed by atoms with van der Waals surface area (Å²) in [6.45, 7) is 1.23. The van der Waals surface area contributed by atoms with Crippen molar-refractivity contribution < 1.29 is 13.9 Å². The van der Waals surface area contributed by atoms with Crippen LogP contribution in [-0.2, 0) is 4.74 Å². The van der Waals surface area contributed by atoms with E-state index in [4.69, 9.17) is 9.47 Å². The summed E-state index contributed by atoms with van der Waals surface area (Å²) in [5.41, 5.74) is 0. The van der Waals surface area contributed by atoms with Crippen molar-refractivity contribution in [2.24, 2.45) is 0 Å². The first-order valence-electron chi connectivity index (χ1n) is 3.95. The predicted octanol–water partition coefficient (Wildman–Crippen LogP) is 2.37. The highest BCUT2D eigenvalue weighted by Crippen LogP contribution is 2.26. The zero-order chi connectivity index (χ0) is 9.26. The van der Waals surface area contributed by atoms with Crippen LogP contribution in [0.1, 0.15) is 0 Å². The summed E-state index contributed by atoms with van der Waals surface area (Å²) >= 11 is 3.27. The number of epoxide rings is 1. The Morgan fingerprint density at radius 1 is 1.62 bits per heavy atom. The van der Waals surface area contributed by atoms with Gasteiger partial charge in [0, 0.05) is 6.07 Å². The number of benzene rings is 1. The Morgan fingerprint density at radius 2 is 2.38 bits per heavy atom. The lowest BCUT2D eigenvalue weighted by molar-refractivity contribution is 0.261. The van der Waals surface area contributed by atoms with Gasteiger partial charge >= 0.3 is 0 Å². The molecule has 4 heteroatoms. The van der Waals surface area contributed by atoms with Crippen molar-refractivity contribution in [2.45, 2.75) is 6.10 Å². The van der Waals surface area contributed by atoms with Gasteiger partial charge in [-0.05, 0) is 28.1 Å². The Kier molecular flexibility index (Phi) is 2.51. The van der Waals surface area contributed by atoms with Gasteiger partial charge in [0.05, 0.1) is 11.1 Å². The van der Waals surface area contributed by atoms with Crippen molar-refractivity contribution in [3.63, 3.8) is 0 Å². The summed E-state index contributed by atoms with van der Waals surface area (Å²) in [7, 11) is 0. The summed E-state index contributed by atoms with van der Waals surface area (Å²) < 4.78 is 23.8. The van der Waals surface area contributed by atoms with Gasteiger partial charge in [-0.2, -0.15) is 0 Å². The van der Waals surface area contributed by atoms with Crippen LogP contribution in [0.5, 0.6) is 5.75 Å². The predicted molar refractivity (Wildman–Crippen MR) is 49.3 cm³/mol. The van der Waals surface area contributed by atoms with Crippen LogP contribution in [-0.4, -0.2) is 19.3 Å². The van der Waals surface area contributed by atoms with E-state index >= 15 is 0 Å². The molecular formula is C9H8BrFO2. The Morgan fingerprint density at radius 3 is 3.08 bits per heavy atom. The molecule has 0 spiro atoms. The minimum absolute atomic E-state index is 0.190. The molecule has 2 rings (SSSR count). The molecular weight excluding hydrogens is 239 g/mol. The van der Waals surface area contributed by atoms with E-state index in [0.717, 1.165) is 11.1 Å². The number of hydrogen-bond acceptors (Lipinski definition) is 2. The molecule has 0 N–H and O–H groups in total. The van der Waals surface area contributed by atoms with Crippen molar-refractivity contribution >= 4 is 15.9 Å². The van der Waals surface area contributed by atoms with Crippen LogP contribution >= 0.6 is 15.9 Å². The summed E-state index contributed by atoms with van der Waals surface area (Å²) in [5, 5.41) is 0. The van der Waals surface area contributed by atoms with Crippen LogP contribution in [0, 0.1) is 5.82 Å². The van der Waals surface area contributed by atoms with Crippen molar-refractivity contribution in [1.82, 2.24) is 0 Å². The van der Waals surface area contributed by atoms with Crippen LogP contribution in [0.25, 0.3) is 0 Å². The summed E-state index contributed by atoms with van der Waals surface area (Å²) in [6.07, 6.45) is 0.190. The molecule has 70 valence electrons. The van der Waals surface area contributed by atoms with Gasteiger partial charge in [0.1, 0.15) is 24.3 Å². The first-order valence-corrected chi connectivity index (χ1v) is 4.74. The van der Waals surface area contributed by atoms with Gasteiger partial charge in [-0.1, -0.05) is 0 Å². The van der Waals surface area contributed by atoms with Gasteiger partial charge in [0.15, 0.2) is 0 Å². The molecule has 1 aromatic carbocycles. The molecule has 0 amide bonds. The quantitative estimate of drug-likeness (QED) is 0.765. The average Bonchev–Trinajstić information content (AvgIpc) is 2.90. The van der Waals surface area contributed by atoms with Gasteiger partial charge in [-0.25, -0.2) is 4.39 Å². The molecule has 1 aliphatic heterocycles. The monoisotopic (exact) mass is 246 g/mol. The second-order valence-corrected chi connectivity index (χ2v) is 3.70. The zero-order valence-electron chi connectivity index (χ0n) is 6.80. The number of rotatable bonds is 3. The van der Waals surface area contributed by atoms with Crippen LogP contribution in [0.4, 0.5) is 4.39 Å². The van der Waals surface area contributed by atoms with E-state index in [-0.39, 0.29) is 11.9 Å². The highest BCUT2D eigenvalue weighted by Gasteiger charge is 2.23. The lowest BCUT2D eigenvalue weighted by Crippen LogP contribution is -2.04. The fraction of sp³-hybridized carbons (Fsp3) is 0.333. The van der Waals surface area contributed by atoms with E-state index in [1.165, 1.54) is 12.1 Å². The van der Waals surface area contributed by atoms with Crippen LogP contribution in [0.2, 0.25) is 0 Å². The SMILES string of the molecule is Fc1ccc(Br)c(OCC2CO2)c1. The molecule has 1 aliphatic rings. The molecule has 1 heterocycles. The second-order valence-electron chi connectivity index (χ2n) is 2.84. The van der Waals surface area contributed by atoms with Crippen LogP contribution in [0.15, 0.2) is 22.7 Å². The first kappa shape index (κ1) is 8.97. The normalized spacial score (nSPS) is 20.0. The topological polar surface area (TPSA) is 21.8 Å². The fourth-order valence-corrected chi connectivity index (χ4v) is 1.30. The van der Waals surface area contributed by atoms with E-state index in [1.807, 2.05) is 0 Å². The summed E-state index contributed by atoms with van der Waals surface area (Å²) in [5.74, 6) is 0.227. The lowest BCUT2D eigenvalue weighted by atomic mass is 10.3. The third-order valence-corrected chi connectivity index (χ3v) is 2.38. The minimum Gasteiger partial charge on any atom is -0.489 e. The Hall–Kier alpha value is -0.610. The smallest absolute Gasteiger partial charge is 0.136 e. The number of hydrogen-bond donors (Lipinski definition) is 0. The molecule has 2 nitrogen and oxygen atoms in total. The molecule has 1 saturated heterocycles. The maximum atomic E-state index is 12.8. The Balaban J connectivity index is 2.03. The highest BCUT2D eigenvalue weighted by molar-refractivity contribution is 9.10. The van der Waals surface area contributed by atoms with Crippen molar-refractivity contribution in [2.75, 3.05) is 13.2 Å². The highest BCUT2D eigenvalue weighted by atomic mass is 79.9.